The molecule has 0 heterocycles. The molecule has 4 nitrogen and oxygen atoms in total. The molecule has 2 rings (SSSR count). The monoisotopic (exact) mass is 279 g/mol. The van der Waals surface area contributed by atoms with Gasteiger partial charge in [-0.25, -0.2) is 13.6 Å². The Kier molecular flexibility index (Phi) is 3.84. The number of anilines is 1. The molecule has 0 amide bonds. The molecule has 104 valence electrons. The van der Waals surface area contributed by atoms with Crippen LogP contribution in [0, 0.1) is 11.6 Å². The van der Waals surface area contributed by atoms with Gasteiger partial charge in [-0.15, -0.1) is 0 Å². The van der Waals surface area contributed by atoms with Gasteiger partial charge in [0, 0.05) is 18.2 Å². The SMILES string of the molecule is O=C(O)c1cc(NCc2ccccc2O)c(F)cc1F. The van der Waals surface area contributed by atoms with Gasteiger partial charge in [0.25, 0.3) is 0 Å². The molecule has 0 aromatic heterocycles. The van der Waals surface area contributed by atoms with Gasteiger partial charge in [0.1, 0.15) is 17.4 Å². The quantitative estimate of drug-likeness (QED) is 0.804. The molecule has 2 aromatic carbocycles. The number of carboxylic acids is 1. The first-order chi connectivity index (χ1) is 9.49. The number of aromatic hydroxyl groups is 1. The fraction of sp³-hybridized carbons (Fsp3) is 0.0714. The van der Waals surface area contributed by atoms with Crippen LogP contribution < -0.4 is 5.32 Å². The number of carboxylic acid groups (broad SMARTS) is 1. The van der Waals surface area contributed by atoms with E-state index in [2.05, 4.69) is 5.32 Å². The number of aromatic carboxylic acids is 1. The van der Waals surface area contributed by atoms with E-state index in [9.17, 15) is 18.7 Å². The van der Waals surface area contributed by atoms with Gasteiger partial charge in [-0.05, 0) is 12.1 Å². The minimum absolute atomic E-state index is 0.0287. The van der Waals surface area contributed by atoms with Gasteiger partial charge in [-0.1, -0.05) is 18.2 Å². The predicted octanol–water partition coefficient (Wildman–Crippen LogP) is 2.98. The lowest BCUT2D eigenvalue weighted by atomic mass is 10.1. The molecule has 0 radical (unpaired) electrons. The van der Waals surface area contributed by atoms with Crippen molar-refractivity contribution in [1.29, 1.82) is 0 Å². The topological polar surface area (TPSA) is 69.6 Å². The summed E-state index contributed by atoms with van der Waals surface area (Å²) >= 11 is 0. The van der Waals surface area contributed by atoms with Crippen LogP contribution in [-0.4, -0.2) is 16.2 Å². The van der Waals surface area contributed by atoms with Crippen LogP contribution >= 0.6 is 0 Å². The minimum atomic E-state index is -1.48. The summed E-state index contributed by atoms with van der Waals surface area (Å²) in [6.07, 6.45) is 0. The van der Waals surface area contributed by atoms with Crippen molar-refractivity contribution in [2.75, 3.05) is 5.32 Å². The first-order valence-electron chi connectivity index (χ1n) is 5.72. The third-order valence-electron chi connectivity index (χ3n) is 2.75. The van der Waals surface area contributed by atoms with Crippen molar-refractivity contribution in [2.24, 2.45) is 0 Å². The summed E-state index contributed by atoms with van der Waals surface area (Å²) in [5.41, 5.74) is -0.258. The normalized spacial score (nSPS) is 10.3. The standard InChI is InChI=1S/C14H11F2NO3/c15-10-6-11(16)12(5-9(10)14(19)20)17-7-8-3-1-2-4-13(8)18/h1-6,17-18H,7H2,(H,19,20). The molecule has 0 spiro atoms. The Morgan fingerprint density at radius 2 is 1.85 bits per heavy atom. The van der Waals surface area contributed by atoms with Crippen molar-refractivity contribution in [1.82, 2.24) is 0 Å². The lowest BCUT2D eigenvalue weighted by Crippen LogP contribution is -2.06. The zero-order valence-electron chi connectivity index (χ0n) is 10.2. The van der Waals surface area contributed by atoms with Crippen LogP contribution in [0.25, 0.3) is 0 Å². The molecule has 20 heavy (non-hydrogen) atoms. The fourth-order valence-corrected chi connectivity index (χ4v) is 1.70. The van der Waals surface area contributed by atoms with Gasteiger partial charge in [0.05, 0.1) is 11.3 Å². The summed E-state index contributed by atoms with van der Waals surface area (Å²) in [5.74, 6) is -3.49. The van der Waals surface area contributed by atoms with Crippen molar-refractivity contribution >= 4 is 11.7 Å². The molecule has 6 heteroatoms. The van der Waals surface area contributed by atoms with Crippen LogP contribution in [-0.2, 0) is 6.54 Å². The van der Waals surface area contributed by atoms with Crippen LogP contribution in [0.15, 0.2) is 36.4 Å². The van der Waals surface area contributed by atoms with Crippen molar-refractivity contribution in [2.45, 2.75) is 6.54 Å². The molecule has 0 atom stereocenters. The Bertz CT molecular complexity index is 659. The number of rotatable bonds is 4. The number of phenolic OH excluding ortho intramolecular Hbond substituents is 1. The van der Waals surface area contributed by atoms with Gasteiger partial charge in [-0.2, -0.15) is 0 Å². The van der Waals surface area contributed by atoms with Crippen LogP contribution in [0.2, 0.25) is 0 Å². The molecule has 0 aliphatic carbocycles. The second kappa shape index (κ2) is 5.56. The number of hydrogen-bond acceptors (Lipinski definition) is 3. The maximum absolute atomic E-state index is 13.5. The van der Waals surface area contributed by atoms with Gasteiger partial charge < -0.3 is 15.5 Å². The summed E-state index contributed by atoms with van der Waals surface area (Å²) in [4.78, 5) is 10.8. The number of benzene rings is 2. The number of halogens is 2. The highest BCUT2D eigenvalue weighted by Gasteiger charge is 2.15. The summed E-state index contributed by atoms with van der Waals surface area (Å²) in [7, 11) is 0. The Balaban J connectivity index is 2.24. The summed E-state index contributed by atoms with van der Waals surface area (Å²) < 4.78 is 26.8. The van der Waals surface area contributed by atoms with Crippen molar-refractivity contribution in [3.63, 3.8) is 0 Å². The first kappa shape index (κ1) is 13.8. The average Bonchev–Trinajstić information content (AvgIpc) is 2.39. The smallest absolute Gasteiger partial charge is 0.338 e. The second-order valence-electron chi connectivity index (χ2n) is 4.10. The van der Waals surface area contributed by atoms with E-state index in [1.165, 1.54) is 6.07 Å². The maximum atomic E-state index is 13.5. The van der Waals surface area contributed by atoms with E-state index in [-0.39, 0.29) is 18.0 Å². The van der Waals surface area contributed by atoms with E-state index < -0.39 is 23.2 Å². The predicted molar refractivity (Wildman–Crippen MR) is 68.8 cm³/mol. The van der Waals surface area contributed by atoms with Gasteiger partial charge in [0.2, 0.25) is 0 Å². The van der Waals surface area contributed by atoms with Gasteiger partial charge in [0.15, 0.2) is 0 Å². The lowest BCUT2D eigenvalue weighted by molar-refractivity contribution is 0.0692. The van der Waals surface area contributed by atoms with Crippen molar-refractivity contribution < 1.29 is 23.8 Å². The molecule has 0 unspecified atom stereocenters. The average molecular weight is 279 g/mol. The maximum Gasteiger partial charge on any atom is 0.338 e. The van der Waals surface area contributed by atoms with E-state index >= 15 is 0 Å². The third kappa shape index (κ3) is 2.85. The number of phenols is 1. The molecule has 0 saturated heterocycles. The number of nitrogens with one attached hydrogen (secondary N) is 1. The number of para-hydroxylation sites is 1. The van der Waals surface area contributed by atoms with E-state index in [0.29, 0.717) is 11.6 Å². The molecule has 0 fully saturated rings. The molecular formula is C14H11F2NO3. The molecule has 3 N–H and O–H groups in total. The highest BCUT2D eigenvalue weighted by Crippen LogP contribution is 2.22. The van der Waals surface area contributed by atoms with Crippen molar-refractivity contribution in [3.05, 3.63) is 59.2 Å². The molecule has 2 aromatic rings. The second-order valence-corrected chi connectivity index (χ2v) is 4.10. The molecule has 0 aliphatic rings. The van der Waals surface area contributed by atoms with Crippen LogP contribution in [0.1, 0.15) is 15.9 Å². The van der Waals surface area contributed by atoms with Crippen LogP contribution in [0.3, 0.4) is 0 Å². The third-order valence-corrected chi connectivity index (χ3v) is 2.75. The Morgan fingerprint density at radius 3 is 2.50 bits per heavy atom. The van der Waals surface area contributed by atoms with Crippen molar-refractivity contribution in [3.8, 4) is 5.75 Å². The Morgan fingerprint density at radius 1 is 1.15 bits per heavy atom. The molecule has 0 aliphatic heterocycles. The first-order valence-corrected chi connectivity index (χ1v) is 5.72. The zero-order chi connectivity index (χ0) is 14.7. The van der Waals surface area contributed by atoms with E-state index in [0.717, 1.165) is 6.07 Å². The lowest BCUT2D eigenvalue weighted by Gasteiger charge is -2.10. The van der Waals surface area contributed by atoms with E-state index in [1.54, 1.807) is 18.2 Å². The molecular weight excluding hydrogens is 268 g/mol. The number of carbonyl (C=O) groups is 1. The summed E-state index contributed by atoms with van der Waals surface area (Å²) in [6.45, 7) is 0.0777. The Labute approximate surface area is 113 Å². The fourth-order valence-electron chi connectivity index (χ4n) is 1.70. The molecule has 0 bridgehead atoms. The van der Waals surface area contributed by atoms with E-state index in [1.807, 2.05) is 0 Å². The van der Waals surface area contributed by atoms with E-state index in [4.69, 9.17) is 5.11 Å². The van der Waals surface area contributed by atoms with Gasteiger partial charge >= 0.3 is 5.97 Å². The summed E-state index contributed by atoms with van der Waals surface area (Å²) in [6, 6.07) is 7.83. The highest BCUT2D eigenvalue weighted by molar-refractivity contribution is 5.89. The number of hydrogen-bond donors (Lipinski definition) is 3. The minimum Gasteiger partial charge on any atom is -0.508 e. The highest BCUT2D eigenvalue weighted by atomic mass is 19.1. The van der Waals surface area contributed by atoms with Crippen LogP contribution in [0.5, 0.6) is 5.75 Å². The zero-order valence-corrected chi connectivity index (χ0v) is 10.2. The molecule has 0 saturated carbocycles. The van der Waals surface area contributed by atoms with Gasteiger partial charge in [-0.3, -0.25) is 0 Å². The Hall–Kier alpha value is -2.63. The largest absolute Gasteiger partial charge is 0.508 e. The summed E-state index contributed by atoms with van der Waals surface area (Å²) in [5, 5.41) is 21.0. The van der Waals surface area contributed by atoms with Crippen LogP contribution in [0.4, 0.5) is 14.5 Å².